The van der Waals surface area contributed by atoms with Crippen LogP contribution in [0.15, 0.2) is 48.5 Å². The maximum absolute atomic E-state index is 12.6. The molecule has 1 atom stereocenters. The molecule has 0 aliphatic rings. The number of aliphatic hydroxyl groups is 1. The maximum Gasteiger partial charge on any atom is 0.573 e. The minimum absolute atomic E-state index is 0.0309. The molecule has 3 rings (SSSR count). The van der Waals surface area contributed by atoms with E-state index in [9.17, 15) is 28.4 Å². The molecule has 0 spiro atoms. The van der Waals surface area contributed by atoms with Crippen LogP contribution in [-0.2, 0) is 0 Å². The lowest BCUT2D eigenvalue weighted by molar-refractivity contribution is -0.383. The fourth-order valence-electron chi connectivity index (χ4n) is 2.75. The van der Waals surface area contributed by atoms with Crippen molar-refractivity contribution in [2.45, 2.75) is 19.3 Å². The topological polar surface area (TPSA) is 122 Å². The Labute approximate surface area is 190 Å². The van der Waals surface area contributed by atoms with Gasteiger partial charge in [0, 0.05) is 28.8 Å². The van der Waals surface area contributed by atoms with Crippen molar-refractivity contribution in [1.29, 1.82) is 0 Å². The number of aromatic nitrogens is 2. The number of hydrogen-bond acceptors (Lipinski definition) is 8. The van der Waals surface area contributed by atoms with E-state index in [1.807, 2.05) is 0 Å². The van der Waals surface area contributed by atoms with Crippen LogP contribution in [0.5, 0.6) is 5.75 Å². The molecule has 0 amide bonds. The highest BCUT2D eigenvalue weighted by atomic mass is 35.5. The summed E-state index contributed by atoms with van der Waals surface area (Å²) in [6.07, 6.45) is -4.87. The van der Waals surface area contributed by atoms with E-state index in [-0.39, 0.29) is 46.0 Å². The van der Waals surface area contributed by atoms with Crippen LogP contribution >= 0.6 is 11.6 Å². The Balaban J connectivity index is 2.05. The Morgan fingerprint density at radius 1 is 1.21 bits per heavy atom. The second kappa shape index (κ2) is 9.88. The van der Waals surface area contributed by atoms with Crippen molar-refractivity contribution in [3.63, 3.8) is 0 Å². The molecule has 174 valence electrons. The lowest BCUT2D eigenvalue weighted by Gasteiger charge is -2.15. The monoisotopic (exact) mass is 483 g/mol. The molecule has 1 heterocycles. The standard InChI is InChI=1S/C20H17ClF3N5O4/c1-11(10-30)25-19-27-15(12-3-2-4-14(7-12)33-20(22,23)24)9-18(28-19)26-16-8-13(21)5-6-17(16)29(31)32/h2-9,11,30H,10H2,1H3,(H2,25,26,27,28)/t11-/m0/s1. The number of alkyl halides is 3. The molecule has 3 aromatic rings. The molecule has 3 N–H and O–H groups in total. The highest BCUT2D eigenvalue weighted by Gasteiger charge is 2.31. The summed E-state index contributed by atoms with van der Waals surface area (Å²) >= 11 is 5.96. The summed E-state index contributed by atoms with van der Waals surface area (Å²) in [6, 6.07) is 10.0. The Morgan fingerprint density at radius 3 is 2.64 bits per heavy atom. The van der Waals surface area contributed by atoms with Crippen LogP contribution in [0.3, 0.4) is 0 Å². The van der Waals surface area contributed by atoms with E-state index < -0.39 is 23.1 Å². The number of anilines is 3. The predicted molar refractivity (Wildman–Crippen MR) is 116 cm³/mol. The molecular formula is C20H17ClF3N5O4. The second-order valence-electron chi connectivity index (χ2n) is 6.81. The van der Waals surface area contributed by atoms with Gasteiger partial charge in [0.15, 0.2) is 0 Å². The summed E-state index contributed by atoms with van der Waals surface area (Å²) in [7, 11) is 0. The summed E-state index contributed by atoms with van der Waals surface area (Å²) in [6.45, 7) is 1.41. The van der Waals surface area contributed by atoms with Crippen LogP contribution in [0.2, 0.25) is 5.02 Å². The van der Waals surface area contributed by atoms with Crippen molar-refractivity contribution < 1.29 is 27.9 Å². The van der Waals surface area contributed by atoms with Gasteiger partial charge in [-0.3, -0.25) is 10.1 Å². The van der Waals surface area contributed by atoms with E-state index in [4.69, 9.17) is 11.6 Å². The Morgan fingerprint density at radius 2 is 1.97 bits per heavy atom. The Bertz CT molecular complexity index is 1160. The van der Waals surface area contributed by atoms with Gasteiger partial charge in [0.1, 0.15) is 17.3 Å². The van der Waals surface area contributed by atoms with Gasteiger partial charge in [-0.15, -0.1) is 13.2 Å². The normalized spacial score (nSPS) is 12.2. The first-order valence-corrected chi connectivity index (χ1v) is 9.75. The average molecular weight is 484 g/mol. The zero-order valence-electron chi connectivity index (χ0n) is 16.9. The van der Waals surface area contributed by atoms with E-state index in [1.54, 1.807) is 6.92 Å². The summed E-state index contributed by atoms with van der Waals surface area (Å²) in [5.74, 6) is -0.319. The Kier molecular flexibility index (Phi) is 7.19. The number of aliphatic hydroxyl groups excluding tert-OH is 1. The molecule has 0 unspecified atom stereocenters. The fourth-order valence-corrected chi connectivity index (χ4v) is 2.92. The van der Waals surface area contributed by atoms with Crippen LogP contribution in [-0.4, -0.2) is 39.0 Å². The SMILES string of the molecule is C[C@@H](CO)Nc1nc(Nc2cc(Cl)ccc2[N+](=O)[O-])cc(-c2cccc(OC(F)(F)F)c2)n1. The van der Waals surface area contributed by atoms with Gasteiger partial charge in [0.05, 0.1) is 17.2 Å². The van der Waals surface area contributed by atoms with Crippen LogP contribution in [0.4, 0.5) is 36.3 Å². The van der Waals surface area contributed by atoms with Gasteiger partial charge >= 0.3 is 6.36 Å². The molecule has 1 aromatic heterocycles. The number of nitrogens with one attached hydrogen (secondary N) is 2. The van der Waals surface area contributed by atoms with Gasteiger partial charge in [0.25, 0.3) is 5.69 Å². The van der Waals surface area contributed by atoms with Crippen molar-refractivity contribution in [2.24, 2.45) is 0 Å². The number of ether oxygens (including phenoxy) is 1. The molecule has 9 nitrogen and oxygen atoms in total. The smallest absolute Gasteiger partial charge is 0.406 e. The minimum Gasteiger partial charge on any atom is -0.406 e. The molecule has 33 heavy (non-hydrogen) atoms. The molecule has 0 bridgehead atoms. The van der Waals surface area contributed by atoms with E-state index in [1.165, 1.54) is 36.4 Å². The predicted octanol–water partition coefficient (Wildman–Crippen LogP) is 5.14. The second-order valence-corrected chi connectivity index (χ2v) is 7.25. The van der Waals surface area contributed by atoms with Crippen molar-refractivity contribution in [2.75, 3.05) is 17.2 Å². The number of rotatable bonds is 8. The van der Waals surface area contributed by atoms with E-state index in [0.29, 0.717) is 0 Å². The van der Waals surface area contributed by atoms with Crippen molar-refractivity contribution in [3.05, 3.63) is 63.7 Å². The van der Waals surface area contributed by atoms with Crippen molar-refractivity contribution in [1.82, 2.24) is 9.97 Å². The average Bonchev–Trinajstić information content (AvgIpc) is 2.72. The van der Waals surface area contributed by atoms with Gasteiger partial charge in [-0.25, -0.2) is 4.98 Å². The quantitative estimate of drug-likeness (QED) is 0.297. The molecule has 0 saturated carbocycles. The number of nitro groups is 1. The van der Waals surface area contributed by atoms with Crippen LogP contribution in [0.1, 0.15) is 6.92 Å². The van der Waals surface area contributed by atoms with Crippen molar-refractivity contribution >= 4 is 34.7 Å². The largest absolute Gasteiger partial charge is 0.573 e. The van der Waals surface area contributed by atoms with Gasteiger partial charge in [0.2, 0.25) is 5.95 Å². The molecule has 0 fully saturated rings. The lowest BCUT2D eigenvalue weighted by Crippen LogP contribution is -2.21. The zero-order valence-corrected chi connectivity index (χ0v) is 17.7. The third-order valence-corrected chi connectivity index (χ3v) is 4.39. The third kappa shape index (κ3) is 6.67. The number of nitrogens with zero attached hydrogens (tertiary/aromatic N) is 3. The molecule has 0 radical (unpaired) electrons. The van der Waals surface area contributed by atoms with Gasteiger partial charge < -0.3 is 20.5 Å². The molecule has 13 heteroatoms. The van der Waals surface area contributed by atoms with E-state index in [0.717, 1.165) is 12.1 Å². The first-order chi connectivity index (χ1) is 15.5. The third-order valence-electron chi connectivity index (χ3n) is 4.16. The van der Waals surface area contributed by atoms with E-state index in [2.05, 4.69) is 25.3 Å². The van der Waals surface area contributed by atoms with Gasteiger partial charge in [-0.05, 0) is 31.2 Å². The van der Waals surface area contributed by atoms with Crippen LogP contribution < -0.4 is 15.4 Å². The Hall–Kier alpha value is -3.64. The molecular weight excluding hydrogens is 467 g/mol. The minimum atomic E-state index is -4.87. The lowest BCUT2D eigenvalue weighted by atomic mass is 10.1. The van der Waals surface area contributed by atoms with Crippen molar-refractivity contribution in [3.8, 4) is 17.0 Å². The number of hydrogen-bond donors (Lipinski definition) is 3. The summed E-state index contributed by atoms with van der Waals surface area (Å²) in [5.41, 5.74) is 0.241. The molecule has 0 aliphatic carbocycles. The maximum atomic E-state index is 12.6. The summed E-state index contributed by atoms with van der Waals surface area (Å²) in [5, 5.41) is 26.6. The fraction of sp³-hybridized carbons (Fsp3) is 0.200. The summed E-state index contributed by atoms with van der Waals surface area (Å²) < 4.78 is 41.8. The zero-order chi connectivity index (χ0) is 24.2. The highest BCUT2D eigenvalue weighted by molar-refractivity contribution is 6.31. The van der Waals surface area contributed by atoms with Crippen LogP contribution in [0, 0.1) is 10.1 Å². The number of nitro benzene ring substituents is 1. The molecule has 2 aromatic carbocycles. The first kappa shape index (κ1) is 24.0. The molecule has 0 saturated heterocycles. The van der Waals surface area contributed by atoms with Gasteiger partial charge in [-0.1, -0.05) is 23.7 Å². The van der Waals surface area contributed by atoms with Crippen LogP contribution in [0.25, 0.3) is 11.3 Å². The summed E-state index contributed by atoms with van der Waals surface area (Å²) in [4.78, 5) is 19.3. The van der Waals surface area contributed by atoms with Gasteiger partial charge in [-0.2, -0.15) is 4.98 Å². The first-order valence-electron chi connectivity index (χ1n) is 9.37. The van der Waals surface area contributed by atoms with E-state index >= 15 is 0 Å². The number of halogens is 4. The molecule has 0 aliphatic heterocycles. The number of benzene rings is 2. The highest BCUT2D eigenvalue weighted by Crippen LogP contribution is 2.32.